The van der Waals surface area contributed by atoms with Crippen molar-refractivity contribution in [3.63, 3.8) is 0 Å². The molecule has 0 aliphatic carbocycles. The maximum absolute atomic E-state index is 12.6. The fourth-order valence-corrected chi connectivity index (χ4v) is 3.11. The molecule has 3 N–H and O–H groups in total. The molecule has 2 heterocycles. The Morgan fingerprint density at radius 1 is 1.43 bits per heavy atom. The van der Waals surface area contributed by atoms with Gasteiger partial charge in [0.15, 0.2) is 0 Å². The second-order valence-corrected chi connectivity index (χ2v) is 5.64. The lowest BCUT2D eigenvalue weighted by Gasteiger charge is -2.21. The van der Waals surface area contributed by atoms with E-state index in [-0.39, 0.29) is 12.2 Å². The van der Waals surface area contributed by atoms with Crippen molar-refractivity contribution in [2.24, 2.45) is 5.73 Å². The van der Waals surface area contributed by atoms with Gasteiger partial charge < -0.3 is 10.8 Å². The van der Waals surface area contributed by atoms with E-state index in [9.17, 15) is 14.7 Å². The van der Waals surface area contributed by atoms with Crippen molar-refractivity contribution < 1.29 is 14.7 Å². The van der Waals surface area contributed by atoms with Crippen LogP contribution in [0, 0.1) is 0 Å². The lowest BCUT2D eigenvalue weighted by molar-refractivity contribution is -0.138. The van der Waals surface area contributed by atoms with Crippen LogP contribution in [0.25, 0.3) is 0 Å². The molecule has 0 unspecified atom stereocenters. The molecule has 0 saturated heterocycles. The lowest BCUT2D eigenvalue weighted by Crippen LogP contribution is -2.43. The van der Waals surface area contributed by atoms with E-state index in [4.69, 9.17) is 5.73 Å². The van der Waals surface area contributed by atoms with Gasteiger partial charge in [0.2, 0.25) is 0 Å². The third kappa shape index (κ3) is 2.30. The Morgan fingerprint density at radius 3 is 2.86 bits per heavy atom. The summed E-state index contributed by atoms with van der Waals surface area (Å²) >= 11 is 1.30. The number of rotatable bonds is 3. The van der Waals surface area contributed by atoms with Crippen LogP contribution < -0.4 is 10.6 Å². The zero-order valence-corrected chi connectivity index (χ0v) is 11.8. The van der Waals surface area contributed by atoms with Crippen LogP contribution in [-0.2, 0) is 17.8 Å². The minimum atomic E-state index is -1.02. The summed E-state index contributed by atoms with van der Waals surface area (Å²) in [6, 6.07) is 6.33. The molecular weight excluding hydrogens is 290 g/mol. The number of nitrogens with zero attached hydrogens (tertiary/aromatic N) is 2. The fraction of sp³-hybridized carbons (Fsp3) is 0.214. The lowest BCUT2D eigenvalue weighted by atomic mass is 10.1. The Morgan fingerprint density at radius 2 is 2.19 bits per heavy atom. The number of thiazole rings is 1. The molecule has 108 valence electrons. The normalized spacial score (nSPS) is 16.8. The van der Waals surface area contributed by atoms with E-state index in [1.54, 1.807) is 17.5 Å². The van der Waals surface area contributed by atoms with Crippen molar-refractivity contribution in [2.45, 2.75) is 19.0 Å². The van der Waals surface area contributed by atoms with Crippen LogP contribution in [0.5, 0.6) is 0 Å². The van der Waals surface area contributed by atoms with Gasteiger partial charge in [0.25, 0.3) is 5.91 Å². The number of carboxylic acid groups (broad SMARTS) is 1. The van der Waals surface area contributed by atoms with E-state index < -0.39 is 17.9 Å². The third-order valence-electron chi connectivity index (χ3n) is 3.43. The number of carbonyl (C=O) groups excluding carboxylic acids is 1. The summed E-state index contributed by atoms with van der Waals surface area (Å²) in [7, 11) is 0. The van der Waals surface area contributed by atoms with E-state index in [2.05, 4.69) is 4.98 Å². The van der Waals surface area contributed by atoms with Gasteiger partial charge in [0.05, 0.1) is 0 Å². The molecule has 0 bridgehead atoms. The summed E-state index contributed by atoms with van der Waals surface area (Å²) in [6.07, 6.45) is 0.311. The number of anilines is 1. The first-order chi connectivity index (χ1) is 10.1. The average molecular weight is 303 g/mol. The average Bonchev–Trinajstić information content (AvgIpc) is 3.11. The molecule has 6 nitrogen and oxygen atoms in total. The van der Waals surface area contributed by atoms with Crippen LogP contribution in [0.3, 0.4) is 0 Å². The van der Waals surface area contributed by atoms with Crippen LogP contribution >= 0.6 is 11.3 Å². The van der Waals surface area contributed by atoms with Gasteiger partial charge in [-0.05, 0) is 11.6 Å². The van der Waals surface area contributed by atoms with Crippen LogP contribution in [0.2, 0.25) is 0 Å². The van der Waals surface area contributed by atoms with Crippen molar-refractivity contribution in [3.05, 3.63) is 45.9 Å². The SMILES string of the molecule is NCc1nc(C(=O)N2c3ccccc3C[C@H]2C(=O)O)cs1. The van der Waals surface area contributed by atoms with Gasteiger partial charge in [-0.15, -0.1) is 11.3 Å². The first kappa shape index (κ1) is 13.7. The van der Waals surface area contributed by atoms with E-state index in [0.29, 0.717) is 17.1 Å². The highest BCUT2D eigenvalue weighted by Gasteiger charge is 2.39. The smallest absolute Gasteiger partial charge is 0.327 e. The summed E-state index contributed by atoms with van der Waals surface area (Å²) in [5.74, 6) is -1.42. The standard InChI is InChI=1S/C14H13N3O3S/c15-6-12-16-9(7-21-12)13(18)17-10-4-2-1-3-8(10)5-11(17)14(19)20/h1-4,7,11H,5-6,15H2,(H,19,20)/t11-/m0/s1. The monoisotopic (exact) mass is 303 g/mol. The molecule has 1 aromatic heterocycles. The Labute approximate surface area is 124 Å². The minimum Gasteiger partial charge on any atom is -0.480 e. The van der Waals surface area contributed by atoms with Crippen molar-refractivity contribution in [1.29, 1.82) is 0 Å². The minimum absolute atomic E-state index is 0.239. The second-order valence-electron chi connectivity index (χ2n) is 4.69. The highest BCUT2D eigenvalue weighted by atomic mass is 32.1. The zero-order chi connectivity index (χ0) is 15.0. The highest BCUT2D eigenvalue weighted by molar-refractivity contribution is 7.09. The van der Waals surface area contributed by atoms with E-state index in [1.807, 2.05) is 12.1 Å². The van der Waals surface area contributed by atoms with Crippen LogP contribution in [0.15, 0.2) is 29.6 Å². The number of carboxylic acids is 1. The molecule has 21 heavy (non-hydrogen) atoms. The van der Waals surface area contributed by atoms with Crippen molar-refractivity contribution >= 4 is 28.9 Å². The molecule has 1 aliphatic heterocycles. The van der Waals surface area contributed by atoms with E-state index in [1.165, 1.54) is 16.2 Å². The summed E-state index contributed by atoms with van der Waals surface area (Å²) in [5, 5.41) is 11.6. The van der Waals surface area contributed by atoms with Crippen LogP contribution in [0.1, 0.15) is 21.1 Å². The summed E-state index contributed by atoms with van der Waals surface area (Å²) in [5.41, 5.74) is 7.23. The van der Waals surface area contributed by atoms with Gasteiger partial charge in [-0.2, -0.15) is 0 Å². The summed E-state index contributed by atoms with van der Waals surface area (Å²) in [6.45, 7) is 0.261. The quantitative estimate of drug-likeness (QED) is 0.889. The largest absolute Gasteiger partial charge is 0.480 e. The molecule has 0 fully saturated rings. The van der Waals surface area contributed by atoms with Gasteiger partial charge in [-0.25, -0.2) is 9.78 Å². The molecule has 3 rings (SSSR count). The number of para-hydroxylation sites is 1. The molecular formula is C14H13N3O3S. The summed E-state index contributed by atoms with van der Waals surface area (Å²) < 4.78 is 0. The number of benzene rings is 1. The van der Waals surface area contributed by atoms with Crippen molar-refractivity contribution in [1.82, 2.24) is 4.98 Å². The predicted molar refractivity (Wildman–Crippen MR) is 78.4 cm³/mol. The Hall–Kier alpha value is -2.25. The fourth-order valence-electron chi connectivity index (χ4n) is 2.46. The zero-order valence-electron chi connectivity index (χ0n) is 11.0. The summed E-state index contributed by atoms with van der Waals surface area (Å²) in [4.78, 5) is 29.5. The molecule has 0 saturated carbocycles. The van der Waals surface area contributed by atoms with E-state index >= 15 is 0 Å². The van der Waals surface area contributed by atoms with Crippen molar-refractivity contribution in [2.75, 3.05) is 4.90 Å². The molecule has 7 heteroatoms. The number of amides is 1. The van der Waals surface area contributed by atoms with Crippen LogP contribution in [-0.4, -0.2) is 28.0 Å². The molecule has 1 atom stereocenters. The number of carbonyl (C=O) groups is 2. The molecule has 1 aliphatic rings. The number of aromatic nitrogens is 1. The number of fused-ring (bicyclic) bond motifs is 1. The molecule has 0 radical (unpaired) electrons. The van der Waals surface area contributed by atoms with Gasteiger partial charge in [-0.3, -0.25) is 9.69 Å². The van der Waals surface area contributed by atoms with Gasteiger partial charge >= 0.3 is 5.97 Å². The number of hydrogen-bond donors (Lipinski definition) is 2. The van der Waals surface area contributed by atoms with Gasteiger partial charge in [0, 0.05) is 24.0 Å². The Balaban J connectivity index is 2.01. The topological polar surface area (TPSA) is 96.5 Å². The first-order valence-electron chi connectivity index (χ1n) is 6.40. The maximum atomic E-state index is 12.6. The molecule has 2 aromatic rings. The van der Waals surface area contributed by atoms with E-state index in [0.717, 1.165) is 5.56 Å². The second kappa shape index (κ2) is 5.27. The first-order valence-corrected chi connectivity index (χ1v) is 7.28. The number of nitrogens with two attached hydrogens (primary N) is 1. The molecule has 1 aromatic carbocycles. The Bertz CT molecular complexity index is 713. The van der Waals surface area contributed by atoms with Crippen molar-refractivity contribution in [3.8, 4) is 0 Å². The number of hydrogen-bond acceptors (Lipinski definition) is 5. The maximum Gasteiger partial charge on any atom is 0.327 e. The van der Waals surface area contributed by atoms with Gasteiger partial charge in [0.1, 0.15) is 16.7 Å². The molecule has 0 spiro atoms. The van der Waals surface area contributed by atoms with Gasteiger partial charge in [-0.1, -0.05) is 18.2 Å². The highest BCUT2D eigenvalue weighted by Crippen LogP contribution is 2.33. The third-order valence-corrected chi connectivity index (χ3v) is 4.30. The molecule has 1 amide bonds. The predicted octanol–water partition coefficient (Wildman–Crippen LogP) is 1.26. The Kier molecular flexibility index (Phi) is 3.44. The number of aliphatic carboxylic acids is 1. The van der Waals surface area contributed by atoms with Crippen LogP contribution in [0.4, 0.5) is 5.69 Å².